The molecular formula is C19H25ClN2O. The Morgan fingerprint density at radius 2 is 2.00 bits per heavy atom. The minimum absolute atomic E-state index is 0. The van der Waals surface area contributed by atoms with Gasteiger partial charge in [0.05, 0.1) is 0 Å². The van der Waals surface area contributed by atoms with Gasteiger partial charge in [-0.3, -0.25) is 4.79 Å². The van der Waals surface area contributed by atoms with Crippen LogP contribution in [0, 0.1) is 5.92 Å². The van der Waals surface area contributed by atoms with Gasteiger partial charge in [0.2, 0.25) is 5.91 Å². The van der Waals surface area contributed by atoms with Crippen LogP contribution in [0.5, 0.6) is 0 Å². The van der Waals surface area contributed by atoms with Gasteiger partial charge in [-0.15, -0.1) is 12.4 Å². The van der Waals surface area contributed by atoms with E-state index in [0.29, 0.717) is 18.2 Å². The van der Waals surface area contributed by atoms with Crippen molar-refractivity contribution in [2.45, 2.75) is 19.3 Å². The molecule has 23 heavy (non-hydrogen) atoms. The fourth-order valence-corrected chi connectivity index (χ4v) is 3.32. The van der Waals surface area contributed by atoms with E-state index in [9.17, 15) is 4.79 Å². The minimum Gasteiger partial charge on any atom is -0.342 e. The molecule has 1 fully saturated rings. The Morgan fingerprint density at radius 1 is 1.22 bits per heavy atom. The summed E-state index contributed by atoms with van der Waals surface area (Å²) >= 11 is 0. The summed E-state index contributed by atoms with van der Waals surface area (Å²) in [7, 11) is 1.98. The van der Waals surface area contributed by atoms with Crippen LogP contribution in [0.15, 0.2) is 42.5 Å². The summed E-state index contributed by atoms with van der Waals surface area (Å²) in [6, 6.07) is 14.9. The summed E-state index contributed by atoms with van der Waals surface area (Å²) in [5.74, 6) is 0.918. The maximum absolute atomic E-state index is 12.3. The average molecular weight is 333 g/mol. The lowest BCUT2D eigenvalue weighted by atomic mass is 10.0. The van der Waals surface area contributed by atoms with Crippen molar-refractivity contribution >= 4 is 29.1 Å². The third kappa shape index (κ3) is 4.46. The van der Waals surface area contributed by atoms with E-state index in [1.54, 1.807) is 0 Å². The monoisotopic (exact) mass is 332 g/mol. The number of nitrogens with zero attached hydrogens (tertiary/aromatic N) is 1. The van der Waals surface area contributed by atoms with Gasteiger partial charge in [0.25, 0.3) is 0 Å². The summed E-state index contributed by atoms with van der Waals surface area (Å²) in [4.78, 5) is 14.4. The van der Waals surface area contributed by atoms with Gasteiger partial charge in [0.15, 0.2) is 0 Å². The standard InChI is InChI=1S/C19H24N2O.ClH/c1-20-13-16-10-11-21(14-16)19(22)9-7-15-6-8-17-4-2-3-5-18(17)12-15;/h2-6,8,12,16,20H,7,9-11,13-14H2,1H3;1H. The van der Waals surface area contributed by atoms with Crippen LogP contribution in [-0.2, 0) is 11.2 Å². The van der Waals surface area contributed by atoms with Crippen molar-refractivity contribution in [2.75, 3.05) is 26.7 Å². The van der Waals surface area contributed by atoms with Crippen LogP contribution in [0.1, 0.15) is 18.4 Å². The quantitative estimate of drug-likeness (QED) is 0.911. The van der Waals surface area contributed by atoms with Crippen LogP contribution in [0.2, 0.25) is 0 Å². The molecule has 1 saturated heterocycles. The van der Waals surface area contributed by atoms with E-state index in [1.165, 1.54) is 16.3 Å². The van der Waals surface area contributed by atoms with Crippen LogP contribution < -0.4 is 5.32 Å². The van der Waals surface area contributed by atoms with Crippen molar-refractivity contribution in [3.63, 3.8) is 0 Å². The highest BCUT2D eigenvalue weighted by molar-refractivity contribution is 5.85. The van der Waals surface area contributed by atoms with E-state index in [0.717, 1.165) is 32.5 Å². The van der Waals surface area contributed by atoms with Gasteiger partial charge in [-0.2, -0.15) is 0 Å². The number of carbonyl (C=O) groups excluding carboxylic acids is 1. The second kappa shape index (κ2) is 8.32. The second-order valence-electron chi connectivity index (χ2n) is 6.23. The number of amides is 1. The molecule has 124 valence electrons. The molecule has 2 aromatic carbocycles. The number of hydrogen-bond acceptors (Lipinski definition) is 2. The Labute approximate surface area is 144 Å². The van der Waals surface area contributed by atoms with E-state index in [4.69, 9.17) is 0 Å². The first kappa shape index (κ1) is 17.8. The molecule has 4 heteroatoms. The zero-order valence-corrected chi connectivity index (χ0v) is 14.4. The molecule has 1 atom stereocenters. The van der Waals surface area contributed by atoms with E-state index in [2.05, 4.69) is 47.8 Å². The van der Waals surface area contributed by atoms with Crippen molar-refractivity contribution in [1.29, 1.82) is 0 Å². The zero-order valence-electron chi connectivity index (χ0n) is 13.6. The van der Waals surface area contributed by atoms with Gasteiger partial charge in [-0.1, -0.05) is 42.5 Å². The highest BCUT2D eigenvalue weighted by atomic mass is 35.5. The predicted molar refractivity (Wildman–Crippen MR) is 98.1 cm³/mol. The van der Waals surface area contributed by atoms with Crippen LogP contribution in [0.25, 0.3) is 10.8 Å². The Bertz CT molecular complexity index is 659. The van der Waals surface area contributed by atoms with Crippen molar-refractivity contribution in [1.82, 2.24) is 10.2 Å². The predicted octanol–water partition coefficient (Wildman–Crippen LogP) is 3.26. The highest BCUT2D eigenvalue weighted by Gasteiger charge is 2.25. The zero-order chi connectivity index (χ0) is 15.4. The minimum atomic E-state index is 0. The summed E-state index contributed by atoms with van der Waals surface area (Å²) in [5, 5.41) is 5.72. The summed E-state index contributed by atoms with van der Waals surface area (Å²) in [6.45, 7) is 2.84. The molecule has 3 nitrogen and oxygen atoms in total. The number of nitrogens with one attached hydrogen (secondary N) is 1. The Balaban J connectivity index is 0.00000192. The first-order valence-corrected chi connectivity index (χ1v) is 8.16. The average Bonchev–Trinajstić information content (AvgIpc) is 3.01. The first-order chi connectivity index (χ1) is 10.8. The molecule has 0 radical (unpaired) electrons. The Morgan fingerprint density at radius 3 is 2.78 bits per heavy atom. The maximum Gasteiger partial charge on any atom is 0.222 e. The van der Waals surface area contributed by atoms with Gasteiger partial charge in [-0.25, -0.2) is 0 Å². The third-order valence-electron chi connectivity index (χ3n) is 4.57. The molecule has 1 unspecified atom stereocenters. The van der Waals surface area contributed by atoms with Crippen molar-refractivity contribution in [2.24, 2.45) is 5.92 Å². The molecular weight excluding hydrogens is 308 g/mol. The molecule has 0 bridgehead atoms. The van der Waals surface area contributed by atoms with Crippen LogP contribution in [0.3, 0.4) is 0 Å². The molecule has 0 saturated carbocycles. The van der Waals surface area contributed by atoms with Gasteiger partial charge >= 0.3 is 0 Å². The molecule has 0 aliphatic carbocycles. The number of likely N-dealkylation sites (tertiary alicyclic amines) is 1. The molecule has 3 rings (SSSR count). The molecule has 0 aromatic heterocycles. The maximum atomic E-state index is 12.3. The highest BCUT2D eigenvalue weighted by Crippen LogP contribution is 2.19. The van der Waals surface area contributed by atoms with E-state index in [1.807, 2.05) is 11.9 Å². The number of benzene rings is 2. The molecule has 1 heterocycles. The molecule has 1 N–H and O–H groups in total. The van der Waals surface area contributed by atoms with Crippen molar-refractivity contribution in [3.8, 4) is 0 Å². The van der Waals surface area contributed by atoms with Gasteiger partial charge in [0, 0.05) is 19.5 Å². The molecule has 1 amide bonds. The van der Waals surface area contributed by atoms with Gasteiger partial charge < -0.3 is 10.2 Å². The van der Waals surface area contributed by atoms with Crippen LogP contribution in [0.4, 0.5) is 0 Å². The number of aryl methyl sites for hydroxylation is 1. The van der Waals surface area contributed by atoms with E-state index >= 15 is 0 Å². The second-order valence-corrected chi connectivity index (χ2v) is 6.23. The smallest absolute Gasteiger partial charge is 0.222 e. The topological polar surface area (TPSA) is 32.3 Å². The normalized spacial score (nSPS) is 17.3. The summed E-state index contributed by atoms with van der Waals surface area (Å²) in [5.41, 5.74) is 1.25. The summed E-state index contributed by atoms with van der Waals surface area (Å²) < 4.78 is 0. The lowest BCUT2D eigenvalue weighted by Crippen LogP contribution is -2.30. The number of halogens is 1. The fourth-order valence-electron chi connectivity index (χ4n) is 3.32. The van der Waals surface area contributed by atoms with Gasteiger partial charge in [-0.05, 0) is 48.7 Å². The van der Waals surface area contributed by atoms with Crippen LogP contribution in [-0.4, -0.2) is 37.5 Å². The molecule has 2 aromatic rings. The van der Waals surface area contributed by atoms with Crippen molar-refractivity contribution in [3.05, 3.63) is 48.0 Å². The Hall–Kier alpha value is -1.58. The first-order valence-electron chi connectivity index (χ1n) is 8.16. The number of fused-ring (bicyclic) bond motifs is 1. The number of hydrogen-bond donors (Lipinski definition) is 1. The fraction of sp³-hybridized carbons (Fsp3) is 0.421. The molecule has 1 aliphatic rings. The summed E-state index contributed by atoms with van der Waals surface area (Å²) in [6.07, 6.45) is 2.57. The molecule has 1 aliphatic heterocycles. The van der Waals surface area contributed by atoms with Gasteiger partial charge in [0.1, 0.15) is 0 Å². The lowest BCUT2D eigenvalue weighted by molar-refractivity contribution is -0.130. The lowest BCUT2D eigenvalue weighted by Gasteiger charge is -2.16. The van der Waals surface area contributed by atoms with E-state index < -0.39 is 0 Å². The SMILES string of the molecule is CNCC1CCN(C(=O)CCc2ccc3ccccc3c2)C1.Cl. The third-order valence-corrected chi connectivity index (χ3v) is 4.57. The number of carbonyl (C=O) groups is 1. The largest absolute Gasteiger partial charge is 0.342 e. The van der Waals surface area contributed by atoms with E-state index in [-0.39, 0.29) is 12.4 Å². The van der Waals surface area contributed by atoms with Crippen molar-refractivity contribution < 1.29 is 4.79 Å². The Kier molecular flexibility index (Phi) is 6.43. The number of rotatable bonds is 5. The van der Waals surface area contributed by atoms with Crippen LogP contribution >= 0.6 is 12.4 Å². The molecule has 0 spiro atoms.